The molecule has 3 rings (SSSR count). The Kier molecular flexibility index (Phi) is 7.35. The van der Waals surface area contributed by atoms with Gasteiger partial charge in [-0.2, -0.15) is 0 Å². The highest BCUT2D eigenvalue weighted by Gasteiger charge is 2.19. The molecule has 0 aliphatic rings. The number of rotatable bonds is 8. The van der Waals surface area contributed by atoms with Crippen molar-refractivity contribution < 1.29 is 14.6 Å². The predicted octanol–water partition coefficient (Wildman–Crippen LogP) is 5.97. The number of thiazole rings is 1. The molecule has 6 nitrogen and oxygen atoms in total. The van der Waals surface area contributed by atoms with Crippen molar-refractivity contribution in [2.75, 3.05) is 18.7 Å². The van der Waals surface area contributed by atoms with Gasteiger partial charge in [-0.15, -0.1) is 23.1 Å². The van der Waals surface area contributed by atoms with Crippen LogP contribution in [0.15, 0.2) is 43.1 Å². The second-order valence-electron chi connectivity index (χ2n) is 7.30. The van der Waals surface area contributed by atoms with Gasteiger partial charge in [-0.25, -0.2) is 14.8 Å². The monoisotopic (exact) mass is 455 g/mol. The van der Waals surface area contributed by atoms with Crippen LogP contribution < -0.4 is 5.32 Å². The standard InChI is InChI=1S/C23H25N3O3S2/c1-13(2)9-19-20(15-7-6-8-17(27)10-15)25-23(31-19)26-21-18(22(28)29-4)11-16(12-24-21)14(3)30-5/h6-8,10-13,27H,3,9H2,1-2,4-5H3,(H,24,25,26). The number of ether oxygens (including phenoxy) is 1. The second kappa shape index (κ2) is 9.98. The average Bonchev–Trinajstić information content (AvgIpc) is 3.14. The Morgan fingerprint density at radius 2 is 2.13 bits per heavy atom. The predicted molar refractivity (Wildman–Crippen MR) is 129 cm³/mol. The first kappa shape index (κ1) is 22.8. The lowest BCUT2D eigenvalue weighted by Crippen LogP contribution is -2.08. The molecule has 8 heteroatoms. The highest BCUT2D eigenvalue weighted by atomic mass is 32.2. The first-order valence-electron chi connectivity index (χ1n) is 9.70. The molecule has 0 unspecified atom stereocenters. The number of nitrogens with one attached hydrogen (secondary N) is 1. The Labute approximate surface area is 190 Å². The molecule has 0 saturated carbocycles. The number of pyridine rings is 1. The first-order chi connectivity index (χ1) is 14.8. The molecule has 0 radical (unpaired) electrons. The zero-order valence-electron chi connectivity index (χ0n) is 17.9. The number of hydrogen-bond donors (Lipinski definition) is 2. The molecule has 0 fully saturated rings. The maximum absolute atomic E-state index is 12.4. The zero-order valence-corrected chi connectivity index (χ0v) is 19.6. The van der Waals surface area contributed by atoms with Gasteiger partial charge in [0.2, 0.25) is 0 Å². The number of benzene rings is 1. The molecule has 0 amide bonds. The third kappa shape index (κ3) is 5.45. The molecule has 2 heterocycles. The molecule has 31 heavy (non-hydrogen) atoms. The van der Waals surface area contributed by atoms with Crippen LogP contribution in [0.4, 0.5) is 10.9 Å². The SMILES string of the molecule is C=C(SC)c1cnc(Nc2nc(-c3cccc(O)c3)c(CC(C)C)s2)c(C(=O)OC)c1. The quantitative estimate of drug-likeness (QED) is 0.405. The van der Waals surface area contributed by atoms with E-state index in [0.717, 1.165) is 33.0 Å². The van der Waals surface area contributed by atoms with E-state index >= 15 is 0 Å². The number of carbonyl (C=O) groups is 1. The normalized spacial score (nSPS) is 10.9. The lowest BCUT2D eigenvalue weighted by molar-refractivity contribution is 0.0601. The fraction of sp³-hybridized carbons (Fsp3) is 0.261. The van der Waals surface area contributed by atoms with Crippen molar-refractivity contribution in [2.45, 2.75) is 20.3 Å². The first-order valence-corrected chi connectivity index (χ1v) is 11.7. The summed E-state index contributed by atoms with van der Waals surface area (Å²) in [5.41, 5.74) is 2.73. The molecule has 3 aromatic rings. The zero-order chi connectivity index (χ0) is 22.5. The molecule has 0 atom stereocenters. The van der Waals surface area contributed by atoms with Gasteiger partial charge in [-0.05, 0) is 36.8 Å². The summed E-state index contributed by atoms with van der Waals surface area (Å²) in [6.45, 7) is 8.28. The van der Waals surface area contributed by atoms with Crippen molar-refractivity contribution in [1.29, 1.82) is 0 Å². The number of phenols is 1. The Morgan fingerprint density at radius 1 is 1.35 bits per heavy atom. The maximum atomic E-state index is 12.4. The number of aromatic hydroxyl groups is 1. The minimum absolute atomic E-state index is 0.190. The Hall–Kier alpha value is -2.84. The van der Waals surface area contributed by atoms with E-state index in [4.69, 9.17) is 9.72 Å². The van der Waals surface area contributed by atoms with E-state index in [1.165, 1.54) is 30.2 Å². The van der Waals surface area contributed by atoms with E-state index in [-0.39, 0.29) is 5.75 Å². The molecule has 0 aliphatic carbocycles. The second-order valence-corrected chi connectivity index (χ2v) is 9.29. The summed E-state index contributed by atoms with van der Waals surface area (Å²) in [4.78, 5) is 23.5. The Bertz CT molecular complexity index is 1110. The summed E-state index contributed by atoms with van der Waals surface area (Å²) in [5.74, 6) is 0.509. The van der Waals surface area contributed by atoms with Crippen LogP contribution in [0, 0.1) is 5.92 Å². The Morgan fingerprint density at radius 3 is 2.77 bits per heavy atom. The van der Waals surface area contributed by atoms with Gasteiger partial charge in [0.15, 0.2) is 5.13 Å². The number of aromatic nitrogens is 2. The summed E-state index contributed by atoms with van der Waals surface area (Å²) >= 11 is 3.00. The molecule has 162 valence electrons. The molecule has 2 aromatic heterocycles. The van der Waals surface area contributed by atoms with Gasteiger partial charge in [0.1, 0.15) is 17.1 Å². The van der Waals surface area contributed by atoms with E-state index in [9.17, 15) is 9.90 Å². The van der Waals surface area contributed by atoms with Crippen LogP contribution >= 0.6 is 23.1 Å². The molecular formula is C23H25N3O3S2. The molecule has 0 saturated heterocycles. The lowest BCUT2D eigenvalue weighted by Gasteiger charge is -2.10. The molecule has 0 spiro atoms. The summed E-state index contributed by atoms with van der Waals surface area (Å²) in [6, 6.07) is 8.77. The van der Waals surface area contributed by atoms with E-state index in [0.29, 0.717) is 22.4 Å². The summed E-state index contributed by atoms with van der Waals surface area (Å²) in [5, 5.41) is 13.7. The van der Waals surface area contributed by atoms with Crippen LogP contribution in [0.2, 0.25) is 0 Å². The van der Waals surface area contributed by atoms with Crippen LogP contribution in [0.1, 0.15) is 34.6 Å². The maximum Gasteiger partial charge on any atom is 0.341 e. The van der Waals surface area contributed by atoms with Gasteiger partial charge < -0.3 is 15.2 Å². The smallest absolute Gasteiger partial charge is 0.341 e. The van der Waals surface area contributed by atoms with Crippen molar-refractivity contribution >= 4 is 44.9 Å². The van der Waals surface area contributed by atoms with Gasteiger partial charge in [0, 0.05) is 27.1 Å². The minimum Gasteiger partial charge on any atom is -0.508 e. The summed E-state index contributed by atoms with van der Waals surface area (Å²) in [7, 11) is 1.34. The van der Waals surface area contributed by atoms with E-state index in [2.05, 4.69) is 30.7 Å². The van der Waals surface area contributed by atoms with Crippen LogP contribution in [0.3, 0.4) is 0 Å². The fourth-order valence-electron chi connectivity index (χ4n) is 2.99. The van der Waals surface area contributed by atoms with Crippen molar-refractivity contribution in [3.63, 3.8) is 0 Å². The highest BCUT2D eigenvalue weighted by Crippen LogP contribution is 2.36. The summed E-state index contributed by atoms with van der Waals surface area (Å²) in [6.07, 6.45) is 4.43. The minimum atomic E-state index is -0.488. The number of nitrogens with zero attached hydrogens (tertiary/aromatic N) is 2. The molecule has 0 bridgehead atoms. The third-order valence-electron chi connectivity index (χ3n) is 4.50. The van der Waals surface area contributed by atoms with Gasteiger partial charge in [-0.3, -0.25) is 0 Å². The summed E-state index contributed by atoms with van der Waals surface area (Å²) < 4.78 is 4.95. The number of anilines is 2. The van der Waals surface area contributed by atoms with Crippen molar-refractivity contribution in [1.82, 2.24) is 9.97 Å². The lowest BCUT2D eigenvalue weighted by atomic mass is 10.0. The average molecular weight is 456 g/mol. The molecular weight excluding hydrogens is 430 g/mol. The molecule has 0 aliphatic heterocycles. The van der Waals surface area contributed by atoms with Gasteiger partial charge in [0.05, 0.1) is 12.8 Å². The van der Waals surface area contributed by atoms with Gasteiger partial charge in [-0.1, -0.05) is 32.6 Å². The topological polar surface area (TPSA) is 84.3 Å². The van der Waals surface area contributed by atoms with E-state index < -0.39 is 5.97 Å². The number of esters is 1. The van der Waals surface area contributed by atoms with E-state index in [1.54, 1.807) is 30.5 Å². The number of phenolic OH excluding ortho intramolecular Hbond substituents is 1. The fourth-order valence-corrected chi connectivity index (χ4v) is 4.54. The largest absolute Gasteiger partial charge is 0.508 e. The molecule has 1 aromatic carbocycles. The number of methoxy groups -OCH3 is 1. The highest BCUT2D eigenvalue weighted by molar-refractivity contribution is 8.07. The number of hydrogen-bond acceptors (Lipinski definition) is 8. The van der Waals surface area contributed by atoms with Gasteiger partial charge >= 0.3 is 5.97 Å². The van der Waals surface area contributed by atoms with Gasteiger partial charge in [0.25, 0.3) is 0 Å². The van der Waals surface area contributed by atoms with Crippen LogP contribution in [-0.4, -0.2) is 34.4 Å². The van der Waals surface area contributed by atoms with Crippen LogP contribution in [-0.2, 0) is 11.2 Å². The van der Waals surface area contributed by atoms with Crippen molar-refractivity contribution in [3.05, 3.63) is 59.1 Å². The van der Waals surface area contributed by atoms with Crippen LogP contribution in [0.5, 0.6) is 5.75 Å². The number of thioether (sulfide) groups is 1. The van der Waals surface area contributed by atoms with Crippen LogP contribution in [0.25, 0.3) is 16.2 Å². The number of carbonyl (C=O) groups excluding carboxylic acids is 1. The Balaban J connectivity index is 2.02. The molecule has 2 N–H and O–H groups in total. The van der Waals surface area contributed by atoms with Crippen molar-refractivity contribution in [3.8, 4) is 17.0 Å². The third-order valence-corrected chi connectivity index (χ3v) is 6.22. The van der Waals surface area contributed by atoms with E-state index in [1.807, 2.05) is 12.3 Å². The van der Waals surface area contributed by atoms with Crippen molar-refractivity contribution in [2.24, 2.45) is 5.92 Å².